The Kier molecular flexibility index (Phi) is 7.59. The molecule has 1 aliphatic rings. The Morgan fingerprint density at radius 1 is 1.18 bits per heavy atom. The third-order valence-corrected chi connectivity index (χ3v) is 8.25. The van der Waals surface area contributed by atoms with Crippen LogP contribution in [0.5, 0.6) is 5.75 Å². The van der Waals surface area contributed by atoms with E-state index in [1.54, 1.807) is 6.20 Å². The Hall–Kier alpha value is -2.03. The molecule has 1 aromatic carbocycles. The third-order valence-electron chi connectivity index (χ3n) is 6.26. The van der Waals surface area contributed by atoms with Gasteiger partial charge in [-0.1, -0.05) is 43.4 Å². The van der Waals surface area contributed by atoms with Gasteiger partial charge in [0.15, 0.2) is 0 Å². The summed E-state index contributed by atoms with van der Waals surface area (Å²) in [5.74, 6) is -1.69. The number of nitrogens with zero attached hydrogens (tertiary/aromatic N) is 3. The maximum absolute atomic E-state index is 13.4. The Labute approximate surface area is 205 Å². The number of halogens is 3. The van der Waals surface area contributed by atoms with E-state index < -0.39 is 14.0 Å². The second-order valence-electron chi connectivity index (χ2n) is 10.3. The van der Waals surface area contributed by atoms with Gasteiger partial charge in [0, 0.05) is 39.3 Å². The quantitative estimate of drug-likeness (QED) is 0.173. The van der Waals surface area contributed by atoms with Crippen LogP contribution < -0.4 is 4.74 Å². The molecule has 0 unspecified atom stereocenters. The molecule has 1 fully saturated rings. The Balaban J connectivity index is 1.50. The molecule has 5 nitrogen and oxygen atoms in total. The fourth-order valence-corrected chi connectivity index (χ4v) is 5.13. The van der Waals surface area contributed by atoms with Crippen LogP contribution in [0.4, 0.5) is 8.78 Å². The first-order chi connectivity index (χ1) is 16.1. The van der Waals surface area contributed by atoms with Crippen LogP contribution in [-0.4, -0.2) is 42.0 Å². The van der Waals surface area contributed by atoms with Gasteiger partial charge in [-0.05, 0) is 43.0 Å². The monoisotopic (exact) mass is 507 g/mol. The smallest absolute Gasteiger partial charge is 0.248 e. The molecule has 3 aromatic rings. The molecule has 34 heavy (non-hydrogen) atoms. The Morgan fingerprint density at radius 2 is 1.94 bits per heavy atom. The fourth-order valence-electron chi connectivity index (χ4n) is 4.13. The van der Waals surface area contributed by atoms with E-state index >= 15 is 0 Å². The van der Waals surface area contributed by atoms with Crippen molar-refractivity contribution in [1.29, 1.82) is 0 Å². The van der Waals surface area contributed by atoms with Gasteiger partial charge in [-0.25, -0.2) is 18.4 Å². The van der Waals surface area contributed by atoms with E-state index in [0.29, 0.717) is 49.4 Å². The van der Waals surface area contributed by atoms with Gasteiger partial charge in [-0.2, -0.15) is 5.10 Å². The summed E-state index contributed by atoms with van der Waals surface area (Å²) in [6.45, 7) is 8.43. The first-order valence-corrected chi connectivity index (χ1v) is 15.9. The molecule has 1 aliphatic carbocycles. The second kappa shape index (κ2) is 10.3. The van der Waals surface area contributed by atoms with E-state index in [9.17, 15) is 8.78 Å². The largest absolute Gasteiger partial charge is 0.493 e. The van der Waals surface area contributed by atoms with Crippen LogP contribution in [0.1, 0.15) is 25.7 Å². The summed E-state index contributed by atoms with van der Waals surface area (Å²) in [5.41, 5.74) is 2.43. The van der Waals surface area contributed by atoms with Gasteiger partial charge in [0.2, 0.25) is 5.92 Å². The number of aromatic nitrogens is 3. The minimum absolute atomic E-state index is 0.0595. The van der Waals surface area contributed by atoms with Crippen LogP contribution in [0, 0.1) is 5.92 Å². The van der Waals surface area contributed by atoms with Crippen LogP contribution in [0.25, 0.3) is 22.2 Å². The number of pyridine rings is 1. The highest BCUT2D eigenvalue weighted by Crippen LogP contribution is 2.37. The summed E-state index contributed by atoms with van der Waals surface area (Å²) in [6, 6.07) is 10.6. The van der Waals surface area contributed by atoms with Gasteiger partial charge in [0.1, 0.15) is 23.3 Å². The maximum Gasteiger partial charge on any atom is 0.248 e. The second-order valence-corrected chi connectivity index (χ2v) is 16.3. The summed E-state index contributed by atoms with van der Waals surface area (Å²) < 4.78 is 40.6. The highest BCUT2D eigenvalue weighted by Gasteiger charge is 2.35. The molecular weight excluding hydrogens is 476 g/mol. The van der Waals surface area contributed by atoms with Crippen LogP contribution in [0.15, 0.2) is 36.5 Å². The normalized spacial score (nSPS) is 16.8. The number of ether oxygens (including phenoxy) is 2. The van der Waals surface area contributed by atoms with Gasteiger partial charge < -0.3 is 9.47 Å². The van der Waals surface area contributed by atoms with E-state index in [1.807, 2.05) is 35.0 Å². The topological polar surface area (TPSA) is 49.2 Å². The summed E-state index contributed by atoms with van der Waals surface area (Å²) in [5, 5.41) is 5.95. The van der Waals surface area contributed by atoms with Crippen LogP contribution in [0.2, 0.25) is 30.8 Å². The third kappa shape index (κ3) is 6.34. The molecule has 9 heteroatoms. The molecule has 1 saturated carbocycles. The fraction of sp³-hybridized carbons (Fsp3) is 0.520. The molecule has 0 bridgehead atoms. The average Bonchev–Trinajstić information content (AvgIpc) is 3.16. The van der Waals surface area contributed by atoms with Crippen LogP contribution in [0.3, 0.4) is 0 Å². The summed E-state index contributed by atoms with van der Waals surface area (Å²) in [6.07, 6.45) is 2.52. The lowest BCUT2D eigenvalue weighted by Gasteiger charge is -2.28. The van der Waals surface area contributed by atoms with Crippen LogP contribution in [-0.2, 0) is 11.5 Å². The molecule has 2 aromatic heterocycles. The first-order valence-electron chi connectivity index (χ1n) is 11.8. The minimum atomic E-state index is -2.53. The zero-order valence-electron chi connectivity index (χ0n) is 20.0. The van der Waals surface area contributed by atoms with E-state index in [1.165, 1.54) is 0 Å². The predicted molar refractivity (Wildman–Crippen MR) is 134 cm³/mol. The summed E-state index contributed by atoms with van der Waals surface area (Å²) in [4.78, 5) is 4.25. The Bertz CT molecular complexity index is 1120. The molecule has 184 valence electrons. The van der Waals surface area contributed by atoms with Crippen molar-refractivity contribution in [3.8, 4) is 17.0 Å². The van der Waals surface area contributed by atoms with Crippen molar-refractivity contribution in [3.63, 3.8) is 0 Å². The van der Waals surface area contributed by atoms with Crippen molar-refractivity contribution in [1.82, 2.24) is 14.8 Å². The number of alkyl halides is 2. The first kappa shape index (κ1) is 25.1. The lowest BCUT2D eigenvalue weighted by atomic mass is 9.87. The zero-order chi connectivity index (χ0) is 24.3. The molecule has 0 saturated heterocycles. The number of rotatable bonds is 9. The summed E-state index contributed by atoms with van der Waals surface area (Å²) >= 11 is 6.48. The summed E-state index contributed by atoms with van der Waals surface area (Å²) in [7, 11) is -1.18. The van der Waals surface area contributed by atoms with Crippen molar-refractivity contribution < 1.29 is 18.3 Å². The van der Waals surface area contributed by atoms with E-state index in [2.05, 4.69) is 24.6 Å². The molecule has 0 aliphatic heterocycles. The average molecular weight is 508 g/mol. The van der Waals surface area contributed by atoms with Gasteiger partial charge in [-0.15, -0.1) is 0 Å². The molecule has 0 atom stereocenters. The number of benzene rings is 1. The molecule has 0 radical (unpaired) electrons. The highest BCUT2D eigenvalue weighted by atomic mass is 35.5. The van der Waals surface area contributed by atoms with Crippen molar-refractivity contribution in [3.05, 3.63) is 41.7 Å². The van der Waals surface area contributed by atoms with E-state index in [0.717, 1.165) is 22.5 Å². The van der Waals surface area contributed by atoms with Gasteiger partial charge in [0.25, 0.3) is 0 Å². The van der Waals surface area contributed by atoms with Crippen LogP contribution >= 0.6 is 11.6 Å². The standard InChI is InChI=1S/C25H32ClF2N3O2Si/c1-34(2,3)14-13-32-17-31-21-9-12-29-24(26)22(21)23(30-31)19-5-4-6-20(15-19)33-16-18-7-10-25(27,28)11-8-18/h4-6,9,12,15,18H,7-8,10-11,13-14,16-17H2,1-3H3. The number of hydrogen-bond donors (Lipinski definition) is 0. The van der Waals surface area contributed by atoms with Gasteiger partial charge in [0.05, 0.1) is 17.5 Å². The Morgan fingerprint density at radius 3 is 2.68 bits per heavy atom. The minimum Gasteiger partial charge on any atom is -0.493 e. The molecule has 4 rings (SSSR count). The molecule has 0 spiro atoms. The van der Waals surface area contributed by atoms with Gasteiger partial charge in [-0.3, -0.25) is 0 Å². The van der Waals surface area contributed by atoms with E-state index in [4.69, 9.17) is 26.2 Å². The number of fused-ring (bicyclic) bond motifs is 1. The molecule has 0 N–H and O–H groups in total. The lowest BCUT2D eigenvalue weighted by molar-refractivity contribution is -0.0498. The number of hydrogen-bond acceptors (Lipinski definition) is 4. The van der Waals surface area contributed by atoms with Gasteiger partial charge >= 0.3 is 0 Å². The van der Waals surface area contributed by atoms with Crippen molar-refractivity contribution in [2.24, 2.45) is 5.92 Å². The molecule has 2 heterocycles. The zero-order valence-corrected chi connectivity index (χ0v) is 21.7. The lowest BCUT2D eigenvalue weighted by Crippen LogP contribution is -2.27. The maximum atomic E-state index is 13.4. The van der Waals surface area contributed by atoms with Crippen molar-refractivity contribution in [2.45, 2.75) is 64.0 Å². The van der Waals surface area contributed by atoms with Crippen molar-refractivity contribution in [2.75, 3.05) is 13.2 Å². The molecular formula is C25H32ClF2N3O2Si. The van der Waals surface area contributed by atoms with Crippen molar-refractivity contribution >= 4 is 30.6 Å². The SMILES string of the molecule is C[Si](C)(C)CCOCn1nc(-c2cccc(OCC3CCC(F)(F)CC3)c2)c2c(Cl)nccc21. The highest BCUT2D eigenvalue weighted by molar-refractivity contribution is 6.76. The predicted octanol–water partition coefficient (Wildman–Crippen LogP) is 7.27. The molecule has 0 amide bonds. The van der Waals surface area contributed by atoms with E-state index in [-0.39, 0.29) is 18.8 Å².